The number of hydrogen-bond acceptors (Lipinski definition) is 6. The van der Waals surface area contributed by atoms with Crippen LogP contribution in [-0.2, 0) is 26.4 Å². The molecule has 8 nitrogen and oxygen atoms in total. The smallest absolute Gasteiger partial charge is 0.339 e. The molecule has 0 saturated carbocycles. The fourth-order valence-corrected chi connectivity index (χ4v) is 3.16. The molecule has 0 aliphatic carbocycles. The summed E-state index contributed by atoms with van der Waals surface area (Å²) in [5.41, 5.74) is 2.65. The van der Waals surface area contributed by atoms with Crippen LogP contribution >= 0.6 is 0 Å². The number of carbonyl (C=O) groups excluding carboxylic acids is 2. The summed E-state index contributed by atoms with van der Waals surface area (Å²) in [5, 5.41) is 6.92. The molecule has 2 rings (SSSR count). The van der Waals surface area contributed by atoms with Gasteiger partial charge in [0.05, 0.1) is 27.5 Å². The molecule has 2 aromatic rings. The molecule has 0 aliphatic rings. The van der Waals surface area contributed by atoms with Crippen molar-refractivity contribution in [2.45, 2.75) is 38.7 Å². The van der Waals surface area contributed by atoms with E-state index in [0.29, 0.717) is 16.9 Å². The SMILES string of the molecule is Cc1ccc(S(C)(=O)=O)cc1C(=O)O[C@H](C)C(=O)Nc1c(C)nn(C)c1C. The lowest BCUT2D eigenvalue weighted by molar-refractivity contribution is -0.123. The predicted octanol–water partition coefficient (Wildman–Crippen LogP) is 1.93. The van der Waals surface area contributed by atoms with E-state index in [0.717, 1.165) is 11.9 Å². The number of ether oxygens (including phenoxy) is 1. The van der Waals surface area contributed by atoms with Crippen LogP contribution in [0.15, 0.2) is 23.1 Å². The van der Waals surface area contributed by atoms with E-state index in [4.69, 9.17) is 4.74 Å². The van der Waals surface area contributed by atoms with Gasteiger partial charge in [0.15, 0.2) is 15.9 Å². The van der Waals surface area contributed by atoms with E-state index in [2.05, 4.69) is 10.4 Å². The van der Waals surface area contributed by atoms with Crippen LogP contribution in [-0.4, -0.2) is 42.4 Å². The number of nitrogens with zero attached hydrogens (tertiary/aromatic N) is 2. The first-order valence-electron chi connectivity index (χ1n) is 8.24. The molecule has 1 aromatic carbocycles. The van der Waals surface area contributed by atoms with Gasteiger partial charge in [0, 0.05) is 13.3 Å². The minimum atomic E-state index is -3.46. The van der Waals surface area contributed by atoms with Gasteiger partial charge in [-0.05, 0) is 45.4 Å². The van der Waals surface area contributed by atoms with Gasteiger partial charge in [0.2, 0.25) is 0 Å². The average Bonchev–Trinajstić information content (AvgIpc) is 2.80. The first-order chi connectivity index (χ1) is 12.4. The molecule has 0 unspecified atom stereocenters. The third-order valence-corrected chi connectivity index (χ3v) is 5.38. The molecule has 9 heteroatoms. The van der Waals surface area contributed by atoms with Crippen LogP contribution in [0.2, 0.25) is 0 Å². The van der Waals surface area contributed by atoms with Gasteiger partial charge < -0.3 is 10.1 Å². The van der Waals surface area contributed by atoms with Gasteiger partial charge in [0.1, 0.15) is 0 Å². The maximum absolute atomic E-state index is 12.4. The molecule has 1 heterocycles. The van der Waals surface area contributed by atoms with Crippen molar-refractivity contribution < 1.29 is 22.7 Å². The normalized spacial score (nSPS) is 12.5. The highest BCUT2D eigenvalue weighted by atomic mass is 32.2. The summed E-state index contributed by atoms with van der Waals surface area (Å²) in [6.07, 6.45) is -0.0145. The van der Waals surface area contributed by atoms with Crippen LogP contribution < -0.4 is 5.32 Å². The third kappa shape index (κ3) is 4.54. The van der Waals surface area contributed by atoms with Crippen LogP contribution in [0.5, 0.6) is 0 Å². The van der Waals surface area contributed by atoms with Gasteiger partial charge >= 0.3 is 5.97 Å². The molecule has 0 bridgehead atoms. The summed E-state index contributed by atoms with van der Waals surface area (Å²) in [4.78, 5) is 24.8. The fourth-order valence-electron chi connectivity index (χ4n) is 2.51. The van der Waals surface area contributed by atoms with Gasteiger partial charge in [-0.25, -0.2) is 13.2 Å². The minimum absolute atomic E-state index is 0.0127. The van der Waals surface area contributed by atoms with Crippen molar-refractivity contribution >= 4 is 27.4 Å². The summed E-state index contributed by atoms with van der Waals surface area (Å²) in [7, 11) is -1.70. The number of nitrogens with one attached hydrogen (secondary N) is 1. The molecule has 0 fully saturated rings. The minimum Gasteiger partial charge on any atom is -0.449 e. The summed E-state index contributed by atoms with van der Waals surface area (Å²) in [5.74, 6) is -1.26. The Bertz CT molecular complexity index is 1010. The number of sulfone groups is 1. The van der Waals surface area contributed by atoms with Crippen molar-refractivity contribution in [3.8, 4) is 0 Å². The van der Waals surface area contributed by atoms with Crippen LogP contribution in [0.1, 0.15) is 34.2 Å². The zero-order valence-corrected chi connectivity index (χ0v) is 17.0. The van der Waals surface area contributed by atoms with Gasteiger partial charge in [-0.2, -0.15) is 5.10 Å². The van der Waals surface area contributed by atoms with E-state index in [1.165, 1.54) is 25.1 Å². The number of aryl methyl sites for hydroxylation is 3. The quantitative estimate of drug-likeness (QED) is 0.778. The molecule has 0 aliphatic heterocycles. The van der Waals surface area contributed by atoms with E-state index in [1.807, 2.05) is 6.92 Å². The largest absolute Gasteiger partial charge is 0.449 e. The van der Waals surface area contributed by atoms with Gasteiger partial charge in [0.25, 0.3) is 5.91 Å². The Kier molecular flexibility index (Phi) is 5.74. The van der Waals surface area contributed by atoms with Crippen LogP contribution in [0, 0.1) is 20.8 Å². The molecule has 146 valence electrons. The highest BCUT2D eigenvalue weighted by Gasteiger charge is 2.23. The number of esters is 1. The second-order valence-corrected chi connectivity index (χ2v) is 8.47. The Morgan fingerprint density at radius 2 is 1.85 bits per heavy atom. The zero-order valence-electron chi connectivity index (χ0n) is 16.2. The summed E-state index contributed by atoms with van der Waals surface area (Å²) in [6, 6.07) is 4.21. The second-order valence-electron chi connectivity index (χ2n) is 6.46. The van der Waals surface area contributed by atoms with Crippen molar-refractivity contribution in [3.63, 3.8) is 0 Å². The number of amides is 1. The van der Waals surface area contributed by atoms with Gasteiger partial charge in [-0.1, -0.05) is 6.07 Å². The van der Waals surface area contributed by atoms with E-state index in [1.54, 1.807) is 25.6 Å². The lowest BCUT2D eigenvalue weighted by Gasteiger charge is -2.15. The molecule has 0 spiro atoms. The van der Waals surface area contributed by atoms with Gasteiger partial charge in [-0.3, -0.25) is 9.48 Å². The Hall–Kier alpha value is -2.68. The maximum atomic E-state index is 12.4. The number of carbonyl (C=O) groups is 2. The average molecular weight is 393 g/mol. The Morgan fingerprint density at radius 3 is 2.37 bits per heavy atom. The monoisotopic (exact) mass is 393 g/mol. The number of benzene rings is 1. The highest BCUT2D eigenvalue weighted by Crippen LogP contribution is 2.20. The Morgan fingerprint density at radius 1 is 1.22 bits per heavy atom. The fraction of sp³-hybridized carbons (Fsp3) is 0.389. The lowest BCUT2D eigenvalue weighted by atomic mass is 10.1. The van der Waals surface area contributed by atoms with E-state index >= 15 is 0 Å². The van der Waals surface area contributed by atoms with E-state index in [-0.39, 0.29) is 10.5 Å². The summed E-state index contributed by atoms with van der Waals surface area (Å²) < 4.78 is 30.3. The molecule has 1 amide bonds. The standard InChI is InChI=1S/C18H23N3O5S/c1-10-7-8-14(27(6,24)25)9-15(10)18(23)26-13(4)17(22)19-16-11(2)20-21(5)12(16)3/h7-9,13H,1-6H3,(H,19,22)/t13-/m1/s1. The van der Waals surface area contributed by atoms with E-state index in [9.17, 15) is 18.0 Å². The van der Waals surface area contributed by atoms with Gasteiger partial charge in [-0.15, -0.1) is 0 Å². The predicted molar refractivity (Wildman–Crippen MR) is 100 cm³/mol. The topological polar surface area (TPSA) is 107 Å². The van der Waals surface area contributed by atoms with Crippen LogP contribution in [0.4, 0.5) is 5.69 Å². The number of anilines is 1. The first-order valence-corrected chi connectivity index (χ1v) is 10.1. The summed E-state index contributed by atoms with van der Waals surface area (Å²) >= 11 is 0. The summed E-state index contributed by atoms with van der Waals surface area (Å²) in [6.45, 7) is 6.69. The van der Waals surface area contributed by atoms with Crippen LogP contribution in [0.3, 0.4) is 0 Å². The van der Waals surface area contributed by atoms with Crippen molar-refractivity contribution in [1.82, 2.24) is 9.78 Å². The first kappa shape index (κ1) is 20.6. The number of hydrogen-bond donors (Lipinski definition) is 1. The van der Waals surface area contributed by atoms with Crippen molar-refractivity contribution in [1.29, 1.82) is 0 Å². The molecule has 1 aromatic heterocycles. The van der Waals surface area contributed by atoms with E-state index < -0.39 is 27.8 Å². The van der Waals surface area contributed by atoms with Crippen molar-refractivity contribution in [2.75, 3.05) is 11.6 Å². The molecule has 1 N–H and O–H groups in total. The van der Waals surface area contributed by atoms with Crippen molar-refractivity contribution in [3.05, 3.63) is 40.7 Å². The number of rotatable bonds is 5. The molecular formula is C18H23N3O5S. The molecule has 27 heavy (non-hydrogen) atoms. The molecule has 0 radical (unpaired) electrons. The molecule has 0 saturated heterocycles. The zero-order chi connectivity index (χ0) is 20.5. The van der Waals surface area contributed by atoms with Crippen LogP contribution in [0.25, 0.3) is 0 Å². The molecular weight excluding hydrogens is 370 g/mol. The third-order valence-electron chi connectivity index (χ3n) is 4.27. The Labute approximate surface area is 158 Å². The maximum Gasteiger partial charge on any atom is 0.339 e. The molecule has 1 atom stereocenters. The van der Waals surface area contributed by atoms with Crippen molar-refractivity contribution in [2.24, 2.45) is 7.05 Å². The Balaban J connectivity index is 2.17. The highest BCUT2D eigenvalue weighted by molar-refractivity contribution is 7.90. The number of aromatic nitrogens is 2. The second kappa shape index (κ2) is 7.51. The lowest BCUT2D eigenvalue weighted by Crippen LogP contribution is -2.30.